The number of aromatic hydroxyl groups is 1. The average Bonchev–Trinajstić information content (AvgIpc) is 2.92. The van der Waals surface area contributed by atoms with E-state index in [9.17, 15) is 9.90 Å². The number of nitrogens with one attached hydrogen (secondary N) is 1. The number of fused-ring (bicyclic) bond motifs is 1. The lowest BCUT2D eigenvalue weighted by Crippen LogP contribution is -2.12. The van der Waals surface area contributed by atoms with Crippen molar-refractivity contribution in [3.05, 3.63) is 53.1 Å². The van der Waals surface area contributed by atoms with Crippen LogP contribution in [0.15, 0.2) is 41.5 Å². The Morgan fingerprint density at radius 3 is 2.54 bits per heavy atom. The molecule has 1 heterocycles. The number of anilines is 1. The molecular formula is C20H22N4O2. The SMILES string of the molecule is Cn1c(N/N=C/c2cc(C(C)(C)C)cc(C=O)c2O)nc2ccccc21. The van der Waals surface area contributed by atoms with Crippen molar-refractivity contribution in [2.24, 2.45) is 12.1 Å². The Bertz CT molecular complexity index is 997. The first-order chi connectivity index (χ1) is 12.3. The summed E-state index contributed by atoms with van der Waals surface area (Å²) in [4.78, 5) is 15.7. The maximum Gasteiger partial charge on any atom is 0.224 e. The smallest absolute Gasteiger partial charge is 0.224 e. The van der Waals surface area contributed by atoms with Crippen LogP contribution in [0.1, 0.15) is 42.3 Å². The van der Waals surface area contributed by atoms with Gasteiger partial charge in [-0.2, -0.15) is 5.10 Å². The van der Waals surface area contributed by atoms with Gasteiger partial charge in [-0.05, 0) is 35.2 Å². The Morgan fingerprint density at radius 1 is 1.19 bits per heavy atom. The zero-order valence-corrected chi connectivity index (χ0v) is 15.3. The van der Waals surface area contributed by atoms with Crippen LogP contribution in [0.5, 0.6) is 5.75 Å². The molecule has 0 fully saturated rings. The lowest BCUT2D eigenvalue weighted by molar-refractivity contribution is 0.112. The van der Waals surface area contributed by atoms with Crippen molar-refractivity contribution in [2.75, 3.05) is 5.43 Å². The predicted octanol–water partition coefficient (Wildman–Crippen LogP) is 3.83. The molecule has 6 heteroatoms. The van der Waals surface area contributed by atoms with Crippen LogP contribution in [-0.4, -0.2) is 27.2 Å². The molecule has 3 rings (SSSR count). The van der Waals surface area contributed by atoms with E-state index in [4.69, 9.17) is 0 Å². The van der Waals surface area contributed by atoms with Gasteiger partial charge in [0, 0.05) is 12.6 Å². The van der Waals surface area contributed by atoms with Gasteiger partial charge in [-0.3, -0.25) is 4.79 Å². The Labute approximate surface area is 152 Å². The Morgan fingerprint density at radius 2 is 1.88 bits per heavy atom. The molecule has 1 aromatic heterocycles. The van der Waals surface area contributed by atoms with E-state index in [2.05, 4.69) is 15.5 Å². The number of hydrogen-bond acceptors (Lipinski definition) is 5. The highest BCUT2D eigenvalue weighted by Gasteiger charge is 2.18. The van der Waals surface area contributed by atoms with Gasteiger partial charge in [-0.25, -0.2) is 10.4 Å². The summed E-state index contributed by atoms with van der Waals surface area (Å²) in [6.07, 6.45) is 2.15. The molecule has 0 saturated carbocycles. The third-order valence-corrected chi connectivity index (χ3v) is 4.32. The first kappa shape index (κ1) is 17.7. The molecule has 0 amide bonds. The molecule has 0 saturated heterocycles. The van der Waals surface area contributed by atoms with E-state index in [1.54, 1.807) is 6.07 Å². The van der Waals surface area contributed by atoms with Crippen LogP contribution < -0.4 is 5.43 Å². The van der Waals surface area contributed by atoms with E-state index < -0.39 is 0 Å². The van der Waals surface area contributed by atoms with Gasteiger partial charge in [0.1, 0.15) is 5.75 Å². The number of para-hydroxylation sites is 2. The molecule has 134 valence electrons. The second kappa shape index (κ2) is 6.63. The molecule has 0 spiro atoms. The fraction of sp³-hybridized carbons (Fsp3) is 0.250. The maximum absolute atomic E-state index is 11.3. The molecule has 0 aliphatic carbocycles. The third-order valence-electron chi connectivity index (χ3n) is 4.32. The van der Waals surface area contributed by atoms with Crippen LogP contribution in [0.2, 0.25) is 0 Å². The van der Waals surface area contributed by atoms with Crippen molar-refractivity contribution < 1.29 is 9.90 Å². The molecule has 3 aromatic rings. The third kappa shape index (κ3) is 3.31. The number of aldehydes is 1. The van der Waals surface area contributed by atoms with E-state index in [1.807, 2.05) is 62.7 Å². The van der Waals surface area contributed by atoms with Crippen LogP contribution >= 0.6 is 0 Å². The van der Waals surface area contributed by atoms with Crippen molar-refractivity contribution in [1.82, 2.24) is 9.55 Å². The topological polar surface area (TPSA) is 79.5 Å². The largest absolute Gasteiger partial charge is 0.507 e. The second-order valence-electron chi connectivity index (χ2n) is 7.22. The van der Waals surface area contributed by atoms with Gasteiger partial charge in [0.05, 0.1) is 22.8 Å². The van der Waals surface area contributed by atoms with Crippen LogP contribution in [-0.2, 0) is 12.5 Å². The van der Waals surface area contributed by atoms with E-state index in [-0.39, 0.29) is 16.7 Å². The van der Waals surface area contributed by atoms with Gasteiger partial charge in [-0.1, -0.05) is 32.9 Å². The van der Waals surface area contributed by atoms with Gasteiger partial charge in [0.25, 0.3) is 0 Å². The van der Waals surface area contributed by atoms with E-state index >= 15 is 0 Å². The number of phenolic OH excluding ortho intramolecular Hbond substituents is 1. The minimum Gasteiger partial charge on any atom is -0.507 e. The predicted molar refractivity (Wildman–Crippen MR) is 104 cm³/mol. The van der Waals surface area contributed by atoms with Gasteiger partial charge in [0.2, 0.25) is 5.95 Å². The highest BCUT2D eigenvalue weighted by molar-refractivity contribution is 5.91. The number of benzene rings is 2. The molecule has 26 heavy (non-hydrogen) atoms. The van der Waals surface area contributed by atoms with Gasteiger partial charge < -0.3 is 9.67 Å². The average molecular weight is 350 g/mol. The number of hydrazone groups is 1. The van der Waals surface area contributed by atoms with Gasteiger partial charge >= 0.3 is 0 Å². The van der Waals surface area contributed by atoms with E-state index in [0.717, 1.165) is 16.6 Å². The zero-order valence-electron chi connectivity index (χ0n) is 15.3. The monoisotopic (exact) mass is 350 g/mol. The molecule has 0 atom stereocenters. The number of aryl methyl sites for hydroxylation is 1. The number of nitrogens with zero attached hydrogens (tertiary/aromatic N) is 3. The summed E-state index contributed by atoms with van der Waals surface area (Å²) in [5.74, 6) is 0.507. The summed E-state index contributed by atoms with van der Waals surface area (Å²) < 4.78 is 1.90. The van der Waals surface area contributed by atoms with Gasteiger partial charge in [0.15, 0.2) is 6.29 Å². The summed E-state index contributed by atoms with van der Waals surface area (Å²) >= 11 is 0. The molecule has 2 aromatic carbocycles. The fourth-order valence-corrected chi connectivity index (χ4v) is 2.71. The summed E-state index contributed by atoms with van der Waals surface area (Å²) in [6.45, 7) is 6.14. The Hall–Kier alpha value is -3.15. The van der Waals surface area contributed by atoms with Crippen LogP contribution in [0.4, 0.5) is 5.95 Å². The van der Waals surface area contributed by atoms with Crippen molar-refractivity contribution in [2.45, 2.75) is 26.2 Å². The summed E-state index contributed by atoms with van der Waals surface area (Å²) in [5.41, 5.74) is 6.28. The quantitative estimate of drug-likeness (QED) is 0.426. The minimum absolute atomic E-state index is 0.0800. The molecule has 6 nitrogen and oxygen atoms in total. The molecule has 2 N–H and O–H groups in total. The number of carbonyl (C=O) groups excluding carboxylic acids is 1. The highest BCUT2D eigenvalue weighted by Crippen LogP contribution is 2.29. The Kier molecular flexibility index (Phi) is 4.50. The van der Waals surface area contributed by atoms with E-state index in [1.165, 1.54) is 6.21 Å². The first-order valence-corrected chi connectivity index (χ1v) is 8.34. The molecule has 0 radical (unpaired) electrons. The minimum atomic E-state index is -0.154. The lowest BCUT2D eigenvalue weighted by Gasteiger charge is -2.20. The van der Waals surface area contributed by atoms with Crippen LogP contribution in [0.3, 0.4) is 0 Å². The zero-order chi connectivity index (χ0) is 18.9. The highest BCUT2D eigenvalue weighted by atomic mass is 16.3. The second-order valence-corrected chi connectivity index (χ2v) is 7.22. The van der Waals surface area contributed by atoms with Crippen molar-refractivity contribution in [1.29, 1.82) is 0 Å². The maximum atomic E-state index is 11.3. The standard InChI is InChI=1S/C20H22N4O2/c1-20(2,3)15-9-13(18(26)14(10-15)12-25)11-21-23-19-22-16-7-5-6-8-17(16)24(19)4/h5-12,26H,1-4H3,(H,22,23)/b21-11+. The van der Waals surface area contributed by atoms with Crippen molar-refractivity contribution in [3.63, 3.8) is 0 Å². The number of rotatable bonds is 4. The fourth-order valence-electron chi connectivity index (χ4n) is 2.71. The van der Waals surface area contributed by atoms with Crippen LogP contribution in [0.25, 0.3) is 11.0 Å². The molecular weight excluding hydrogens is 328 g/mol. The number of carbonyl (C=O) groups is 1. The molecule has 0 aliphatic rings. The lowest BCUT2D eigenvalue weighted by atomic mass is 9.85. The normalized spacial score (nSPS) is 12.0. The molecule has 0 aliphatic heterocycles. The number of phenols is 1. The van der Waals surface area contributed by atoms with Crippen molar-refractivity contribution >= 4 is 29.5 Å². The number of imidazole rings is 1. The Balaban J connectivity index is 1.92. The molecule has 0 unspecified atom stereocenters. The molecule has 0 bridgehead atoms. The van der Waals surface area contributed by atoms with Gasteiger partial charge in [-0.15, -0.1) is 0 Å². The summed E-state index contributed by atoms with van der Waals surface area (Å²) in [7, 11) is 1.90. The van der Waals surface area contributed by atoms with Crippen LogP contribution in [0, 0.1) is 0 Å². The van der Waals surface area contributed by atoms with E-state index in [0.29, 0.717) is 17.8 Å². The number of hydrogen-bond donors (Lipinski definition) is 2. The summed E-state index contributed by atoms with van der Waals surface area (Å²) in [6, 6.07) is 11.3. The number of aromatic nitrogens is 2. The summed E-state index contributed by atoms with van der Waals surface area (Å²) in [5, 5.41) is 14.5. The van der Waals surface area contributed by atoms with Crippen molar-refractivity contribution in [3.8, 4) is 5.75 Å². The first-order valence-electron chi connectivity index (χ1n) is 8.34.